The largest absolute Gasteiger partial charge is 0.351 e. The van der Waals surface area contributed by atoms with Crippen LogP contribution in [0, 0.1) is 19.1 Å². The van der Waals surface area contributed by atoms with Crippen molar-refractivity contribution in [2.45, 2.75) is 65.6 Å². The molecule has 0 N–H and O–H groups in total. The second-order valence-electron chi connectivity index (χ2n) is 16.1. The van der Waals surface area contributed by atoms with E-state index in [0.717, 1.165) is 33.7 Å². The first-order chi connectivity index (χ1) is 25.9. The average molecular weight is 912 g/mol. The monoisotopic (exact) mass is 912 g/mol. The van der Waals surface area contributed by atoms with Crippen LogP contribution in [0.3, 0.4) is 0 Å². The molecule has 0 unspecified atom stereocenters. The zero-order valence-corrected chi connectivity index (χ0v) is 36.5. The van der Waals surface area contributed by atoms with Gasteiger partial charge in [-0.15, -0.1) is 59.2 Å². The fourth-order valence-corrected chi connectivity index (χ4v) is 8.97. The van der Waals surface area contributed by atoms with Gasteiger partial charge in [0.1, 0.15) is 0 Å². The van der Waals surface area contributed by atoms with Gasteiger partial charge in [-0.3, -0.25) is 0 Å². The van der Waals surface area contributed by atoms with Crippen LogP contribution in [0.25, 0.3) is 50.0 Å². The molecule has 5 heteroatoms. The first-order valence-electron chi connectivity index (χ1n) is 18.9. The second kappa shape index (κ2) is 16.4. The standard InChI is InChI=1S/C32H25N2.C18H24NSi.Ir/c1-32(2,24-11-5-3-6-12-24)25-19-20-33-29(22-25)23-17-18-31-28(21-23)27-15-9-10-16-30(27)34(31)26-13-7-4-8-14-26;1-13(2)16-11-17(15-9-7-14(3)8-10-15)19-12-18(16)20(4,5)6;/h3-16,18-22H,1-2H3;7-9,11-13H,1-6H3;/q2*-1;. The van der Waals surface area contributed by atoms with Gasteiger partial charge in [0.2, 0.25) is 0 Å². The number of fused-ring (bicyclic) bond motifs is 3. The molecule has 1 radical (unpaired) electrons. The third-order valence-electron chi connectivity index (χ3n) is 10.5. The molecule has 0 bridgehead atoms. The Kier molecular flexibility index (Phi) is 11.9. The van der Waals surface area contributed by atoms with Gasteiger partial charge in [-0.25, -0.2) is 0 Å². The van der Waals surface area contributed by atoms with Gasteiger partial charge in [0.15, 0.2) is 0 Å². The molecule has 5 aromatic carbocycles. The van der Waals surface area contributed by atoms with E-state index < -0.39 is 8.07 Å². The zero-order valence-electron chi connectivity index (χ0n) is 33.1. The number of hydrogen-bond acceptors (Lipinski definition) is 2. The number of rotatable bonds is 7. The Morgan fingerprint density at radius 3 is 1.96 bits per heavy atom. The number of benzene rings is 5. The fraction of sp³-hybridized carbons (Fsp3) is 0.200. The Bertz CT molecular complexity index is 2530. The minimum atomic E-state index is -1.35. The fourth-order valence-electron chi connectivity index (χ4n) is 7.29. The predicted octanol–water partition coefficient (Wildman–Crippen LogP) is 12.5. The molecule has 0 aliphatic heterocycles. The Balaban J connectivity index is 0.000000211. The van der Waals surface area contributed by atoms with Crippen molar-refractivity contribution in [3.05, 3.63) is 180 Å². The summed E-state index contributed by atoms with van der Waals surface area (Å²) in [6.07, 6.45) is 4.02. The summed E-state index contributed by atoms with van der Waals surface area (Å²) in [7, 11) is -1.35. The van der Waals surface area contributed by atoms with Crippen LogP contribution in [-0.4, -0.2) is 22.6 Å². The Morgan fingerprint density at radius 1 is 0.636 bits per heavy atom. The number of pyridine rings is 2. The van der Waals surface area contributed by atoms with Crippen molar-refractivity contribution in [1.29, 1.82) is 0 Å². The second-order valence-corrected chi connectivity index (χ2v) is 21.1. The van der Waals surface area contributed by atoms with E-state index in [1.54, 1.807) is 0 Å². The van der Waals surface area contributed by atoms with Crippen LogP contribution in [0.2, 0.25) is 19.6 Å². The van der Waals surface area contributed by atoms with E-state index in [2.05, 4.69) is 205 Å². The van der Waals surface area contributed by atoms with E-state index >= 15 is 0 Å². The Labute approximate surface area is 341 Å². The number of hydrogen-bond donors (Lipinski definition) is 0. The van der Waals surface area contributed by atoms with Gasteiger partial charge in [-0.05, 0) is 68.8 Å². The maximum Gasteiger partial charge on any atom is 0.0799 e. The average Bonchev–Trinajstić information content (AvgIpc) is 3.52. The molecule has 0 amide bonds. The van der Waals surface area contributed by atoms with E-state index in [4.69, 9.17) is 9.97 Å². The van der Waals surface area contributed by atoms with Gasteiger partial charge < -0.3 is 14.5 Å². The van der Waals surface area contributed by atoms with Crippen molar-refractivity contribution in [3.8, 4) is 28.2 Å². The summed E-state index contributed by atoms with van der Waals surface area (Å²) in [6.45, 7) is 18.3. The van der Waals surface area contributed by atoms with Crippen LogP contribution < -0.4 is 5.19 Å². The minimum Gasteiger partial charge on any atom is -0.351 e. The van der Waals surface area contributed by atoms with Crippen LogP contribution >= 0.6 is 0 Å². The van der Waals surface area contributed by atoms with Gasteiger partial charge >= 0.3 is 0 Å². The molecule has 3 heterocycles. The van der Waals surface area contributed by atoms with Crippen LogP contribution in [0.15, 0.2) is 146 Å². The topological polar surface area (TPSA) is 30.7 Å². The molecule has 3 nitrogen and oxygen atoms in total. The van der Waals surface area contributed by atoms with E-state index in [0.29, 0.717) is 5.92 Å². The molecular formula is C50H49IrN3Si-2. The maximum atomic E-state index is 4.73. The molecule has 0 atom stereocenters. The molecule has 3 aromatic heterocycles. The molecule has 0 aliphatic carbocycles. The Hall–Kier alpha value is -4.93. The van der Waals surface area contributed by atoms with Gasteiger partial charge in [-0.2, -0.15) is 0 Å². The van der Waals surface area contributed by atoms with Gasteiger partial charge in [0.05, 0.1) is 8.07 Å². The number of para-hydroxylation sites is 2. The van der Waals surface area contributed by atoms with Crippen LogP contribution in [0.5, 0.6) is 0 Å². The summed E-state index contributed by atoms with van der Waals surface area (Å²) in [6, 6.07) is 53.8. The van der Waals surface area contributed by atoms with Gasteiger partial charge in [-0.1, -0.05) is 144 Å². The minimum absolute atomic E-state index is 0. The SMILES string of the molecule is CC(C)(c1ccccc1)c1ccnc(-c2[c-]cc3c(c2)c2ccccc2n3-c2ccccc2)c1.Cc1c[c-]c(-c2cc(C(C)C)c([Si](C)(C)C)cn2)cc1.[Ir]. The molecule has 8 rings (SSSR count). The molecule has 0 spiro atoms. The van der Waals surface area contributed by atoms with Gasteiger partial charge in [0.25, 0.3) is 0 Å². The van der Waals surface area contributed by atoms with Gasteiger partial charge in [0, 0.05) is 49.1 Å². The van der Waals surface area contributed by atoms with E-state index in [-0.39, 0.29) is 25.5 Å². The van der Waals surface area contributed by atoms with Crippen LogP contribution in [-0.2, 0) is 25.5 Å². The van der Waals surface area contributed by atoms with Crippen LogP contribution in [0.1, 0.15) is 55.9 Å². The molecule has 55 heavy (non-hydrogen) atoms. The maximum absolute atomic E-state index is 4.73. The Morgan fingerprint density at radius 2 is 1.29 bits per heavy atom. The summed E-state index contributed by atoms with van der Waals surface area (Å²) in [4.78, 5) is 9.42. The number of nitrogens with zero attached hydrogens (tertiary/aromatic N) is 3. The quantitative estimate of drug-likeness (QED) is 0.118. The molecule has 0 saturated heterocycles. The molecule has 8 aromatic rings. The van der Waals surface area contributed by atoms with Crippen LogP contribution in [0.4, 0.5) is 0 Å². The van der Waals surface area contributed by atoms with Crippen molar-refractivity contribution in [2.24, 2.45) is 0 Å². The summed E-state index contributed by atoms with van der Waals surface area (Å²) < 4.78 is 2.31. The molecule has 0 fully saturated rings. The van der Waals surface area contributed by atoms with Crippen molar-refractivity contribution in [1.82, 2.24) is 14.5 Å². The number of aromatic nitrogens is 3. The third kappa shape index (κ3) is 8.35. The van der Waals surface area contributed by atoms with Crippen molar-refractivity contribution >= 4 is 35.1 Å². The van der Waals surface area contributed by atoms with Crippen molar-refractivity contribution in [2.75, 3.05) is 0 Å². The van der Waals surface area contributed by atoms with E-state index in [1.807, 2.05) is 12.3 Å². The number of aryl methyl sites for hydroxylation is 1. The van der Waals surface area contributed by atoms with Crippen molar-refractivity contribution in [3.63, 3.8) is 0 Å². The molecular weight excluding hydrogens is 863 g/mol. The normalized spacial score (nSPS) is 11.7. The summed E-state index contributed by atoms with van der Waals surface area (Å²) in [5.41, 5.74) is 12.7. The molecule has 279 valence electrons. The third-order valence-corrected chi connectivity index (χ3v) is 12.5. The first-order valence-corrected chi connectivity index (χ1v) is 22.4. The van der Waals surface area contributed by atoms with E-state index in [9.17, 15) is 0 Å². The zero-order chi connectivity index (χ0) is 38.0. The molecule has 0 aliphatic rings. The predicted molar refractivity (Wildman–Crippen MR) is 232 cm³/mol. The summed E-state index contributed by atoms with van der Waals surface area (Å²) >= 11 is 0. The summed E-state index contributed by atoms with van der Waals surface area (Å²) in [5.74, 6) is 0.531. The summed E-state index contributed by atoms with van der Waals surface area (Å²) in [5, 5.41) is 3.92. The van der Waals surface area contributed by atoms with Crippen molar-refractivity contribution < 1.29 is 20.1 Å². The smallest absolute Gasteiger partial charge is 0.0799 e. The first kappa shape index (κ1) is 39.8. The molecule has 0 saturated carbocycles. The van der Waals surface area contributed by atoms with E-state index in [1.165, 1.54) is 43.7 Å².